The predicted octanol–water partition coefficient (Wildman–Crippen LogP) is 2.98. The molecule has 2 N–H and O–H groups in total. The van der Waals surface area contributed by atoms with Gasteiger partial charge in [0.05, 0.1) is 12.8 Å². The van der Waals surface area contributed by atoms with Crippen molar-refractivity contribution in [1.29, 1.82) is 0 Å². The van der Waals surface area contributed by atoms with Crippen LogP contribution in [0.2, 0.25) is 0 Å². The molecule has 1 fully saturated rings. The van der Waals surface area contributed by atoms with Crippen LogP contribution in [-0.2, 0) is 11.4 Å². The molecule has 5 nitrogen and oxygen atoms in total. The molecule has 3 aromatic rings. The number of imidazole rings is 1. The quantitative estimate of drug-likeness (QED) is 0.775. The van der Waals surface area contributed by atoms with Crippen molar-refractivity contribution in [2.45, 2.75) is 19.4 Å². The van der Waals surface area contributed by atoms with Gasteiger partial charge in [0.1, 0.15) is 11.5 Å². The first-order valence-electron chi connectivity index (χ1n) is 7.84. The SMILES string of the molecule is O=C(Nc1cn2cc(-c3cccc(F)c3CO)ccc2n1)C1CC1. The topological polar surface area (TPSA) is 66.6 Å². The van der Waals surface area contributed by atoms with Crippen molar-refractivity contribution < 1.29 is 14.3 Å². The van der Waals surface area contributed by atoms with Crippen LogP contribution < -0.4 is 5.32 Å². The van der Waals surface area contributed by atoms with E-state index in [1.807, 2.05) is 12.3 Å². The van der Waals surface area contributed by atoms with Crippen molar-refractivity contribution in [2.24, 2.45) is 5.92 Å². The number of aromatic nitrogens is 2. The number of amides is 1. The normalized spacial score (nSPS) is 14.1. The maximum Gasteiger partial charge on any atom is 0.228 e. The minimum atomic E-state index is -0.432. The Labute approximate surface area is 137 Å². The van der Waals surface area contributed by atoms with Crippen molar-refractivity contribution in [1.82, 2.24) is 9.38 Å². The number of rotatable bonds is 4. The van der Waals surface area contributed by atoms with Crippen LogP contribution in [0.5, 0.6) is 0 Å². The fraction of sp³-hybridized carbons (Fsp3) is 0.222. The first-order valence-corrected chi connectivity index (χ1v) is 7.84. The van der Waals surface area contributed by atoms with Crippen LogP contribution >= 0.6 is 0 Å². The molecule has 1 amide bonds. The Morgan fingerprint density at radius 1 is 1.29 bits per heavy atom. The smallest absolute Gasteiger partial charge is 0.228 e. The van der Waals surface area contributed by atoms with Gasteiger partial charge in [0.15, 0.2) is 5.82 Å². The first-order chi connectivity index (χ1) is 11.7. The molecule has 1 aliphatic rings. The van der Waals surface area contributed by atoms with Crippen molar-refractivity contribution in [3.05, 3.63) is 54.1 Å². The van der Waals surface area contributed by atoms with Crippen LogP contribution in [0.1, 0.15) is 18.4 Å². The Hall–Kier alpha value is -2.73. The number of carbonyl (C=O) groups is 1. The maximum atomic E-state index is 13.9. The summed E-state index contributed by atoms with van der Waals surface area (Å²) in [5.41, 5.74) is 2.35. The van der Waals surface area contributed by atoms with E-state index in [2.05, 4.69) is 10.3 Å². The number of nitrogens with zero attached hydrogens (tertiary/aromatic N) is 2. The highest BCUT2D eigenvalue weighted by atomic mass is 19.1. The second kappa shape index (κ2) is 5.72. The molecule has 24 heavy (non-hydrogen) atoms. The lowest BCUT2D eigenvalue weighted by Gasteiger charge is -2.09. The van der Waals surface area contributed by atoms with Crippen LogP contribution in [0, 0.1) is 11.7 Å². The molecule has 4 rings (SSSR count). The lowest BCUT2D eigenvalue weighted by Crippen LogP contribution is -2.13. The number of hydrogen-bond donors (Lipinski definition) is 2. The number of nitrogens with one attached hydrogen (secondary N) is 1. The van der Waals surface area contributed by atoms with E-state index in [0.717, 1.165) is 18.4 Å². The molecule has 2 aromatic heterocycles. The Kier molecular flexibility index (Phi) is 3.54. The molecule has 1 aromatic carbocycles. The number of fused-ring (bicyclic) bond motifs is 1. The number of hydrogen-bond acceptors (Lipinski definition) is 3. The molecule has 1 saturated carbocycles. The highest BCUT2D eigenvalue weighted by Gasteiger charge is 2.30. The number of halogens is 1. The van der Waals surface area contributed by atoms with Crippen LogP contribution in [0.15, 0.2) is 42.7 Å². The van der Waals surface area contributed by atoms with Crippen molar-refractivity contribution in [3.63, 3.8) is 0 Å². The fourth-order valence-corrected chi connectivity index (χ4v) is 2.77. The van der Waals surface area contributed by atoms with E-state index in [4.69, 9.17) is 0 Å². The zero-order valence-electron chi connectivity index (χ0n) is 12.9. The summed E-state index contributed by atoms with van der Waals surface area (Å²) >= 11 is 0. The Morgan fingerprint density at radius 2 is 2.12 bits per heavy atom. The van der Waals surface area contributed by atoms with E-state index in [-0.39, 0.29) is 24.0 Å². The van der Waals surface area contributed by atoms with Gasteiger partial charge < -0.3 is 14.8 Å². The van der Waals surface area contributed by atoms with E-state index in [1.165, 1.54) is 6.07 Å². The predicted molar refractivity (Wildman–Crippen MR) is 87.9 cm³/mol. The molecule has 6 heteroatoms. The van der Waals surface area contributed by atoms with E-state index in [1.54, 1.807) is 28.8 Å². The van der Waals surface area contributed by atoms with Crippen LogP contribution in [-0.4, -0.2) is 20.4 Å². The van der Waals surface area contributed by atoms with Gasteiger partial charge in [-0.25, -0.2) is 9.37 Å². The second-order valence-corrected chi connectivity index (χ2v) is 6.00. The monoisotopic (exact) mass is 325 g/mol. The van der Waals surface area contributed by atoms with Gasteiger partial charge in [0.25, 0.3) is 0 Å². The van der Waals surface area contributed by atoms with Crippen LogP contribution in [0.25, 0.3) is 16.8 Å². The van der Waals surface area contributed by atoms with Crippen molar-refractivity contribution >= 4 is 17.4 Å². The summed E-state index contributed by atoms with van der Waals surface area (Å²) in [5, 5.41) is 12.2. The Morgan fingerprint density at radius 3 is 2.88 bits per heavy atom. The molecule has 0 radical (unpaired) electrons. The summed E-state index contributed by atoms with van der Waals surface area (Å²) in [5.74, 6) is 0.194. The van der Waals surface area contributed by atoms with E-state index in [0.29, 0.717) is 17.0 Å². The average molecular weight is 325 g/mol. The minimum Gasteiger partial charge on any atom is -0.392 e. The van der Waals surface area contributed by atoms with Crippen molar-refractivity contribution in [3.8, 4) is 11.1 Å². The van der Waals surface area contributed by atoms with Gasteiger partial charge in [-0.2, -0.15) is 0 Å². The molecule has 2 heterocycles. The van der Waals surface area contributed by atoms with Gasteiger partial charge in [-0.15, -0.1) is 0 Å². The van der Waals surface area contributed by atoms with Gasteiger partial charge in [-0.05, 0) is 42.2 Å². The largest absolute Gasteiger partial charge is 0.392 e. The summed E-state index contributed by atoms with van der Waals surface area (Å²) < 4.78 is 15.6. The third-order valence-electron chi connectivity index (χ3n) is 4.24. The minimum absolute atomic E-state index is 0.00586. The zero-order chi connectivity index (χ0) is 16.7. The highest BCUT2D eigenvalue weighted by molar-refractivity contribution is 5.93. The van der Waals surface area contributed by atoms with Gasteiger partial charge >= 0.3 is 0 Å². The number of benzene rings is 1. The summed E-state index contributed by atoms with van der Waals surface area (Å²) in [7, 11) is 0. The third kappa shape index (κ3) is 2.65. The summed E-state index contributed by atoms with van der Waals surface area (Å²) in [4.78, 5) is 16.2. The average Bonchev–Trinajstić information content (AvgIpc) is 3.35. The highest BCUT2D eigenvalue weighted by Crippen LogP contribution is 2.30. The molecule has 0 atom stereocenters. The Balaban J connectivity index is 1.70. The molecule has 0 aliphatic heterocycles. The molecule has 1 aliphatic carbocycles. The van der Waals surface area contributed by atoms with E-state index >= 15 is 0 Å². The van der Waals surface area contributed by atoms with Crippen molar-refractivity contribution in [2.75, 3.05) is 5.32 Å². The third-order valence-corrected chi connectivity index (χ3v) is 4.24. The molecular formula is C18H16FN3O2. The van der Waals surface area contributed by atoms with Gasteiger partial charge in [0, 0.05) is 17.7 Å². The lowest BCUT2D eigenvalue weighted by atomic mass is 10.0. The number of aliphatic hydroxyl groups is 1. The standard InChI is InChI=1S/C18H16FN3O2/c19-15-3-1-2-13(14(15)10-23)12-6-7-17-20-16(9-22(17)8-12)21-18(24)11-4-5-11/h1-3,6-9,11,23H,4-5,10H2,(H,21,24). The summed E-state index contributed by atoms with van der Waals surface area (Å²) in [6, 6.07) is 8.33. The van der Waals surface area contributed by atoms with E-state index < -0.39 is 5.82 Å². The lowest BCUT2D eigenvalue weighted by molar-refractivity contribution is -0.117. The maximum absolute atomic E-state index is 13.9. The fourth-order valence-electron chi connectivity index (χ4n) is 2.77. The second-order valence-electron chi connectivity index (χ2n) is 6.00. The van der Waals surface area contributed by atoms with Gasteiger partial charge in [-0.3, -0.25) is 4.79 Å². The molecule has 122 valence electrons. The van der Waals surface area contributed by atoms with Gasteiger partial charge in [-0.1, -0.05) is 12.1 Å². The summed E-state index contributed by atoms with van der Waals surface area (Å²) in [6.45, 7) is -0.368. The van der Waals surface area contributed by atoms with E-state index in [9.17, 15) is 14.3 Å². The zero-order valence-corrected chi connectivity index (χ0v) is 12.9. The number of pyridine rings is 1. The molecule has 0 saturated heterocycles. The first kappa shape index (κ1) is 14.8. The molecule has 0 unspecified atom stereocenters. The van der Waals surface area contributed by atoms with Crippen LogP contribution in [0.3, 0.4) is 0 Å². The molecular weight excluding hydrogens is 309 g/mol. The number of carbonyl (C=O) groups excluding carboxylic acids is 1. The molecule has 0 spiro atoms. The number of anilines is 1. The number of aliphatic hydroxyl groups excluding tert-OH is 1. The summed E-state index contributed by atoms with van der Waals surface area (Å²) in [6.07, 6.45) is 5.42. The van der Waals surface area contributed by atoms with Gasteiger partial charge in [0.2, 0.25) is 5.91 Å². The Bertz CT molecular complexity index is 931. The molecule has 0 bridgehead atoms. The van der Waals surface area contributed by atoms with Crippen LogP contribution in [0.4, 0.5) is 10.2 Å².